The zero-order chi connectivity index (χ0) is 22.3. The van der Waals surface area contributed by atoms with Crippen molar-refractivity contribution in [1.29, 1.82) is 0 Å². The number of carbonyl (C=O) groups is 3. The Labute approximate surface area is 175 Å². The molecule has 2 rings (SSSR count). The Morgan fingerprint density at radius 2 is 1.63 bits per heavy atom. The van der Waals surface area contributed by atoms with E-state index in [1.807, 2.05) is 0 Å². The highest BCUT2D eigenvalue weighted by atomic mass is 16.6. The molecule has 0 amide bonds. The third-order valence-corrected chi connectivity index (χ3v) is 4.69. The quantitative estimate of drug-likeness (QED) is 0.382. The molecule has 30 heavy (non-hydrogen) atoms. The van der Waals surface area contributed by atoms with Crippen LogP contribution in [0.4, 0.5) is 0 Å². The fraction of sp³-hybridized carbons (Fsp3) is 0.737. The molecule has 0 N–H and O–H groups in total. The molecule has 2 heterocycles. The van der Waals surface area contributed by atoms with Crippen molar-refractivity contribution in [3.63, 3.8) is 0 Å². The summed E-state index contributed by atoms with van der Waals surface area (Å²) in [5, 5.41) is 8.31. The molecule has 1 fully saturated rings. The molecule has 0 aliphatic carbocycles. The molecule has 1 aliphatic heterocycles. The van der Waals surface area contributed by atoms with Gasteiger partial charge in [-0.15, -0.1) is 5.10 Å². The van der Waals surface area contributed by atoms with Gasteiger partial charge in [0.2, 0.25) is 0 Å². The Morgan fingerprint density at radius 1 is 1.03 bits per heavy atom. The molecule has 0 radical (unpaired) electrons. The number of hydrogen-bond acceptors (Lipinski definition) is 10. The van der Waals surface area contributed by atoms with E-state index in [1.54, 1.807) is 10.9 Å². The molecule has 0 unspecified atom stereocenters. The molecule has 0 aromatic carbocycles. The third-order valence-electron chi connectivity index (χ3n) is 4.69. The van der Waals surface area contributed by atoms with Crippen molar-refractivity contribution in [1.82, 2.24) is 19.9 Å². The lowest BCUT2D eigenvalue weighted by atomic mass is 10.1. The lowest BCUT2D eigenvalue weighted by molar-refractivity contribution is -0.165. The molecule has 1 aromatic rings. The maximum atomic E-state index is 11.6. The number of carbonyl (C=O) groups excluding carboxylic acids is 3. The first kappa shape index (κ1) is 23.7. The first-order chi connectivity index (χ1) is 14.2. The van der Waals surface area contributed by atoms with Gasteiger partial charge in [0.25, 0.3) is 0 Å². The zero-order valence-electron chi connectivity index (χ0n) is 18.1. The first-order valence-corrected chi connectivity index (χ1v) is 9.98. The van der Waals surface area contributed by atoms with Gasteiger partial charge >= 0.3 is 17.9 Å². The van der Waals surface area contributed by atoms with Crippen molar-refractivity contribution < 1.29 is 33.3 Å². The van der Waals surface area contributed by atoms with E-state index in [2.05, 4.69) is 29.1 Å². The fourth-order valence-electron chi connectivity index (χ4n) is 3.31. The predicted molar refractivity (Wildman–Crippen MR) is 103 cm³/mol. The Morgan fingerprint density at radius 3 is 2.17 bits per heavy atom. The van der Waals surface area contributed by atoms with E-state index < -0.39 is 42.3 Å². The smallest absolute Gasteiger partial charge is 0.303 e. The number of hydrogen-bond donors (Lipinski definition) is 0. The van der Waals surface area contributed by atoms with Gasteiger partial charge in [-0.05, 0) is 13.1 Å². The Bertz CT molecular complexity index is 734. The second kappa shape index (κ2) is 11.0. The van der Waals surface area contributed by atoms with Crippen LogP contribution in [0.3, 0.4) is 0 Å². The van der Waals surface area contributed by atoms with E-state index in [0.717, 1.165) is 18.8 Å². The molecule has 168 valence electrons. The average molecular weight is 426 g/mol. The zero-order valence-corrected chi connectivity index (χ0v) is 18.1. The van der Waals surface area contributed by atoms with Gasteiger partial charge in [-0.25, -0.2) is 4.68 Å². The maximum Gasteiger partial charge on any atom is 0.303 e. The van der Waals surface area contributed by atoms with Gasteiger partial charge in [0.1, 0.15) is 18.8 Å². The molecule has 1 aromatic heterocycles. The van der Waals surface area contributed by atoms with Crippen LogP contribution < -0.4 is 0 Å². The molecule has 11 heteroatoms. The molecule has 1 aliphatic rings. The summed E-state index contributed by atoms with van der Waals surface area (Å²) < 4.78 is 23.3. The van der Waals surface area contributed by atoms with E-state index in [-0.39, 0.29) is 13.2 Å². The van der Waals surface area contributed by atoms with E-state index >= 15 is 0 Å². The predicted octanol–water partition coefficient (Wildman–Crippen LogP) is 0.314. The van der Waals surface area contributed by atoms with Crippen LogP contribution in [0.25, 0.3) is 0 Å². The highest BCUT2D eigenvalue weighted by molar-refractivity contribution is 5.68. The second-order valence-corrected chi connectivity index (χ2v) is 7.06. The number of nitrogens with zero attached hydrogens (tertiary/aromatic N) is 4. The molecular weight excluding hydrogens is 396 g/mol. The SMILES string of the molecule is CCN(CC)Cc1cn(C[C@@H]2O[C@H](COC(C)=O)[C@@H](OC(C)=O)[C@@H]2OC(C)=O)nn1. The minimum absolute atomic E-state index is 0.133. The fourth-order valence-corrected chi connectivity index (χ4v) is 3.31. The summed E-state index contributed by atoms with van der Waals surface area (Å²) in [7, 11) is 0. The van der Waals surface area contributed by atoms with Crippen LogP contribution in [0.2, 0.25) is 0 Å². The number of esters is 3. The highest BCUT2D eigenvalue weighted by Gasteiger charge is 2.49. The van der Waals surface area contributed by atoms with E-state index in [4.69, 9.17) is 18.9 Å². The van der Waals surface area contributed by atoms with Crippen LogP contribution in [-0.2, 0) is 46.4 Å². The standard InChI is InChI=1S/C19H30N4O7/c1-6-22(7-2)8-15-9-23(21-20-15)10-16-18(28-13(4)25)19(29-14(5)26)17(30-16)11-27-12(3)24/h9,16-19H,6-8,10-11H2,1-5H3/t16-,17+,18+,19+/m0/s1. The van der Waals surface area contributed by atoms with Gasteiger partial charge in [-0.1, -0.05) is 19.1 Å². The largest absolute Gasteiger partial charge is 0.463 e. The molecule has 1 saturated heterocycles. The van der Waals surface area contributed by atoms with Crippen molar-refractivity contribution in [3.8, 4) is 0 Å². The van der Waals surface area contributed by atoms with Crippen LogP contribution in [0.1, 0.15) is 40.3 Å². The molecule has 0 spiro atoms. The van der Waals surface area contributed by atoms with Crippen LogP contribution in [-0.4, -0.2) is 81.9 Å². The second-order valence-electron chi connectivity index (χ2n) is 7.06. The molecular formula is C19H30N4O7. The van der Waals surface area contributed by atoms with Crippen molar-refractivity contribution in [3.05, 3.63) is 11.9 Å². The van der Waals surface area contributed by atoms with Gasteiger partial charge < -0.3 is 18.9 Å². The summed E-state index contributed by atoms with van der Waals surface area (Å²) in [6.07, 6.45) is -1.42. The van der Waals surface area contributed by atoms with E-state index in [9.17, 15) is 14.4 Å². The third kappa shape index (κ3) is 6.77. The van der Waals surface area contributed by atoms with E-state index in [1.165, 1.54) is 20.8 Å². The summed E-state index contributed by atoms with van der Waals surface area (Å²) in [6, 6.07) is 0. The summed E-state index contributed by atoms with van der Waals surface area (Å²) in [5.74, 6) is -1.60. The molecule has 4 atom stereocenters. The lowest BCUT2D eigenvalue weighted by Gasteiger charge is -2.23. The van der Waals surface area contributed by atoms with Crippen molar-refractivity contribution in [2.24, 2.45) is 0 Å². The highest BCUT2D eigenvalue weighted by Crippen LogP contribution is 2.28. The van der Waals surface area contributed by atoms with Crippen molar-refractivity contribution >= 4 is 17.9 Å². The number of rotatable bonds is 10. The van der Waals surface area contributed by atoms with Crippen LogP contribution in [0, 0.1) is 0 Å². The van der Waals surface area contributed by atoms with Gasteiger partial charge in [0.05, 0.1) is 12.2 Å². The monoisotopic (exact) mass is 426 g/mol. The van der Waals surface area contributed by atoms with Gasteiger partial charge in [0.15, 0.2) is 12.2 Å². The van der Waals surface area contributed by atoms with E-state index in [0.29, 0.717) is 6.54 Å². The van der Waals surface area contributed by atoms with Gasteiger partial charge in [0, 0.05) is 33.5 Å². The summed E-state index contributed by atoms with van der Waals surface area (Å²) in [4.78, 5) is 36.6. The Balaban J connectivity index is 2.16. The maximum absolute atomic E-state index is 11.6. The average Bonchev–Trinajstić information content (AvgIpc) is 3.23. The lowest BCUT2D eigenvalue weighted by Crippen LogP contribution is -2.42. The van der Waals surface area contributed by atoms with Crippen molar-refractivity contribution in [2.45, 2.75) is 72.1 Å². The minimum atomic E-state index is -0.908. The van der Waals surface area contributed by atoms with Crippen LogP contribution in [0.5, 0.6) is 0 Å². The molecule has 11 nitrogen and oxygen atoms in total. The molecule has 0 saturated carbocycles. The summed E-state index contributed by atoms with van der Waals surface area (Å²) >= 11 is 0. The molecule has 0 bridgehead atoms. The van der Waals surface area contributed by atoms with Crippen LogP contribution >= 0.6 is 0 Å². The van der Waals surface area contributed by atoms with Crippen LogP contribution in [0.15, 0.2) is 6.20 Å². The normalized spacial score (nSPS) is 23.4. The number of aromatic nitrogens is 3. The van der Waals surface area contributed by atoms with Crippen molar-refractivity contribution in [2.75, 3.05) is 19.7 Å². The minimum Gasteiger partial charge on any atom is -0.463 e. The summed E-state index contributed by atoms with van der Waals surface area (Å²) in [5.41, 5.74) is 0.800. The topological polar surface area (TPSA) is 122 Å². The van der Waals surface area contributed by atoms with Gasteiger partial charge in [-0.2, -0.15) is 0 Å². The first-order valence-electron chi connectivity index (χ1n) is 9.98. The number of ether oxygens (including phenoxy) is 4. The Hall–Kier alpha value is -2.53. The summed E-state index contributed by atoms with van der Waals surface area (Å²) in [6.45, 7) is 10.5. The Kier molecular flexibility index (Phi) is 8.72. The van der Waals surface area contributed by atoms with Gasteiger partial charge in [-0.3, -0.25) is 19.3 Å².